The first-order valence-corrected chi connectivity index (χ1v) is 8.39. The van der Waals surface area contributed by atoms with E-state index in [2.05, 4.69) is 5.32 Å². The second-order valence-electron chi connectivity index (χ2n) is 3.72. The molecule has 9 heteroatoms. The standard InChI is InChI=1S/C10H13FN2O4S2/c1-18(15)5-4-13-10(14)8-3-2-7(6-9(8)11)19(12,16)17/h2-3,6H,4-5H2,1H3,(H,13,14)(H2,12,16,17). The Morgan fingerprint density at radius 2 is 2.11 bits per heavy atom. The number of hydrogen-bond acceptors (Lipinski definition) is 4. The maximum atomic E-state index is 13.6. The zero-order chi connectivity index (χ0) is 14.6. The molecule has 3 N–H and O–H groups in total. The number of nitrogens with one attached hydrogen (secondary N) is 1. The fourth-order valence-electron chi connectivity index (χ4n) is 1.26. The normalized spacial score (nSPS) is 13.0. The van der Waals surface area contributed by atoms with Gasteiger partial charge >= 0.3 is 0 Å². The average Bonchev–Trinajstić information content (AvgIpc) is 2.26. The third-order valence-corrected chi connectivity index (χ3v) is 3.88. The molecule has 0 aliphatic rings. The molecular formula is C10H13FN2O4S2. The molecule has 1 aromatic rings. The van der Waals surface area contributed by atoms with Gasteiger partial charge in [0, 0.05) is 29.4 Å². The Labute approximate surface area is 112 Å². The van der Waals surface area contributed by atoms with E-state index in [0.29, 0.717) is 6.07 Å². The van der Waals surface area contributed by atoms with Crippen molar-refractivity contribution < 1.29 is 21.8 Å². The van der Waals surface area contributed by atoms with Crippen LogP contribution in [0.2, 0.25) is 0 Å². The fourth-order valence-corrected chi connectivity index (χ4v) is 2.18. The third-order valence-electron chi connectivity index (χ3n) is 2.19. The van der Waals surface area contributed by atoms with E-state index in [1.807, 2.05) is 0 Å². The van der Waals surface area contributed by atoms with Gasteiger partial charge in [-0.1, -0.05) is 0 Å². The number of sulfonamides is 1. The van der Waals surface area contributed by atoms with Crippen molar-refractivity contribution in [3.05, 3.63) is 29.6 Å². The maximum absolute atomic E-state index is 13.6. The molecule has 0 aromatic heterocycles. The van der Waals surface area contributed by atoms with Crippen LogP contribution in [0.15, 0.2) is 23.1 Å². The highest BCUT2D eigenvalue weighted by Crippen LogP contribution is 2.13. The molecule has 1 amide bonds. The van der Waals surface area contributed by atoms with Crippen LogP contribution in [0.1, 0.15) is 10.4 Å². The summed E-state index contributed by atoms with van der Waals surface area (Å²) in [5.74, 6) is -1.44. The van der Waals surface area contributed by atoms with Gasteiger partial charge < -0.3 is 5.32 Å². The summed E-state index contributed by atoms with van der Waals surface area (Å²) in [4.78, 5) is 11.2. The van der Waals surface area contributed by atoms with Crippen molar-refractivity contribution in [2.45, 2.75) is 4.90 Å². The van der Waals surface area contributed by atoms with Gasteiger partial charge in [0.25, 0.3) is 5.91 Å². The number of carbonyl (C=O) groups is 1. The van der Waals surface area contributed by atoms with E-state index in [-0.39, 0.29) is 17.9 Å². The number of carbonyl (C=O) groups excluding carboxylic acids is 1. The highest BCUT2D eigenvalue weighted by Gasteiger charge is 2.15. The quantitative estimate of drug-likeness (QED) is 0.770. The van der Waals surface area contributed by atoms with Gasteiger partial charge in [0.2, 0.25) is 10.0 Å². The minimum Gasteiger partial charge on any atom is -0.351 e. The van der Waals surface area contributed by atoms with Crippen LogP contribution in [0.5, 0.6) is 0 Å². The van der Waals surface area contributed by atoms with Crippen molar-refractivity contribution >= 4 is 26.7 Å². The molecule has 0 aliphatic heterocycles. The van der Waals surface area contributed by atoms with Crippen LogP contribution in [-0.2, 0) is 20.8 Å². The number of benzene rings is 1. The molecule has 0 aliphatic carbocycles. The molecule has 0 saturated carbocycles. The molecule has 0 bridgehead atoms. The molecule has 1 aromatic carbocycles. The van der Waals surface area contributed by atoms with Crippen molar-refractivity contribution in [3.63, 3.8) is 0 Å². The summed E-state index contributed by atoms with van der Waals surface area (Å²) in [6.45, 7) is 0.137. The second-order valence-corrected chi connectivity index (χ2v) is 6.84. The lowest BCUT2D eigenvalue weighted by Gasteiger charge is -2.06. The second kappa shape index (κ2) is 6.22. The van der Waals surface area contributed by atoms with Gasteiger partial charge in [-0.3, -0.25) is 9.00 Å². The Balaban J connectivity index is 2.85. The molecule has 0 fully saturated rings. The number of hydrogen-bond donors (Lipinski definition) is 2. The molecular weight excluding hydrogens is 295 g/mol. The highest BCUT2D eigenvalue weighted by atomic mass is 32.2. The Bertz CT molecular complexity index is 616. The molecule has 19 heavy (non-hydrogen) atoms. The largest absolute Gasteiger partial charge is 0.351 e. The van der Waals surface area contributed by atoms with Crippen molar-refractivity contribution in [2.75, 3.05) is 18.6 Å². The van der Waals surface area contributed by atoms with E-state index in [1.165, 1.54) is 6.26 Å². The number of rotatable bonds is 5. The Kier molecular flexibility index (Phi) is 5.15. The summed E-state index contributed by atoms with van der Waals surface area (Å²) in [5.41, 5.74) is -0.297. The van der Waals surface area contributed by atoms with Crippen LogP contribution in [-0.4, -0.2) is 37.1 Å². The molecule has 1 rings (SSSR count). The lowest BCUT2D eigenvalue weighted by atomic mass is 10.2. The molecule has 0 radical (unpaired) electrons. The van der Waals surface area contributed by atoms with E-state index in [4.69, 9.17) is 5.14 Å². The Hall–Kier alpha value is -1.32. The van der Waals surface area contributed by atoms with Gasteiger partial charge in [-0.05, 0) is 18.2 Å². The highest BCUT2D eigenvalue weighted by molar-refractivity contribution is 7.89. The van der Waals surface area contributed by atoms with E-state index in [1.54, 1.807) is 0 Å². The van der Waals surface area contributed by atoms with Gasteiger partial charge in [-0.2, -0.15) is 0 Å². The molecule has 0 heterocycles. The lowest BCUT2D eigenvalue weighted by Crippen LogP contribution is -2.28. The van der Waals surface area contributed by atoms with Gasteiger partial charge in [0.1, 0.15) is 5.82 Å². The molecule has 6 nitrogen and oxygen atoms in total. The average molecular weight is 308 g/mol. The molecule has 1 atom stereocenters. The van der Waals surface area contributed by atoms with Gasteiger partial charge in [0.05, 0.1) is 10.5 Å². The fraction of sp³-hybridized carbons (Fsp3) is 0.300. The maximum Gasteiger partial charge on any atom is 0.254 e. The minimum absolute atomic E-state index is 0.137. The van der Waals surface area contributed by atoms with Gasteiger partial charge in [0.15, 0.2) is 0 Å². The van der Waals surface area contributed by atoms with E-state index in [0.717, 1.165) is 12.1 Å². The van der Waals surface area contributed by atoms with Gasteiger partial charge in [-0.25, -0.2) is 17.9 Å². The van der Waals surface area contributed by atoms with Crippen LogP contribution in [0, 0.1) is 5.82 Å². The van der Waals surface area contributed by atoms with Crippen LogP contribution >= 0.6 is 0 Å². The smallest absolute Gasteiger partial charge is 0.254 e. The first-order chi connectivity index (χ1) is 8.71. The zero-order valence-corrected chi connectivity index (χ0v) is 11.7. The SMILES string of the molecule is CS(=O)CCNC(=O)c1ccc(S(N)(=O)=O)cc1F. The summed E-state index contributed by atoms with van der Waals surface area (Å²) in [6, 6.07) is 2.76. The molecule has 1 unspecified atom stereocenters. The molecule has 0 saturated heterocycles. The summed E-state index contributed by atoms with van der Waals surface area (Å²) in [7, 11) is -5.07. The number of nitrogens with two attached hydrogens (primary N) is 1. The number of halogens is 1. The lowest BCUT2D eigenvalue weighted by molar-refractivity contribution is 0.0952. The van der Waals surface area contributed by atoms with Crippen molar-refractivity contribution in [1.29, 1.82) is 0 Å². The minimum atomic E-state index is -4.01. The number of primary sulfonamides is 1. The predicted octanol–water partition coefficient (Wildman–Crippen LogP) is -0.419. The van der Waals surface area contributed by atoms with Crippen LogP contribution < -0.4 is 10.5 Å². The van der Waals surface area contributed by atoms with Gasteiger partial charge in [-0.15, -0.1) is 0 Å². The topological polar surface area (TPSA) is 106 Å². The van der Waals surface area contributed by atoms with E-state index < -0.39 is 37.4 Å². The summed E-state index contributed by atoms with van der Waals surface area (Å²) < 4.78 is 46.3. The van der Waals surface area contributed by atoms with Crippen LogP contribution in [0.25, 0.3) is 0 Å². The zero-order valence-electron chi connectivity index (χ0n) is 10.1. The summed E-state index contributed by atoms with van der Waals surface area (Å²) in [6.07, 6.45) is 1.48. The predicted molar refractivity (Wildman–Crippen MR) is 69.0 cm³/mol. The molecule has 106 valence electrons. The first-order valence-electron chi connectivity index (χ1n) is 5.12. The van der Waals surface area contributed by atoms with E-state index in [9.17, 15) is 21.8 Å². The third kappa shape index (κ3) is 4.69. The Morgan fingerprint density at radius 1 is 1.47 bits per heavy atom. The van der Waals surface area contributed by atoms with E-state index >= 15 is 0 Å². The Morgan fingerprint density at radius 3 is 2.58 bits per heavy atom. The first kappa shape index (κ1) is 15.7. The monoisotopic (exact) mass is 308 g/mol. The van der Waals surface area contributed by atoms with Crippen molar-refractivity contribution in [2.24, 2.45) is 5.14 Å². The summed E-state index contributed by atoms with van der Waals surface area (Å²) in [5, 5.41) is 7.21. The van der Waals surface area contributed by atoms with Crippen molar-refractivity contribution in [3.8, 4) is 0 Å². The summed E-state index contributed by atoms with van der Waals surface area (Å²) >= 11 is 0. The molecule has 0 spiro atoms. The number of amides is 1. The van der Waals surface area contributed by atoms with Crippen molar-refractivity contribution in [1.82, 2.24) is 5.32 Å². The van der Waals surface area contributed by atoms with Crippen LogP contribution in [0.3, 0.4) is 0 Å². The van der Waals surface area contributed by atoms with Crippen LogP contribution in [0.4, 0.5) is 4.39 Å².